The van der Waals surface area contributed by atoms with Crippen molar-refractivity contribution in [1.29, 1.82) is 0 Å². The fourth-order valence-electron chi connectivity index (χ4n) is 1.86. The molecule has 0 saturated carbocycles. The number of carbonyl (C=O) groups is 2. The Balaban J connectivity index is 1.68. The van der Waals surface area contributed by atoms with Gasteiger partial charge >= 0.3 is 12.1 Å². The molecular formula is C17H16ClNO5. The van der Waals surface area contributed by atoms with Gasteiger partial charge in [0.2, 0.25) is 0 Å². The fourth-order valence-corrected chi connectivity index (χ4v) is 2.11. The van der Waals surface area contributed by atoms with Crippen LogP contribution in [-0.4, -0.2) is 30.3 Å². The van der Waals surface area contributed by atoms with Crippen LogP contribution in [-0.2, 0) is 11.3 Å². The van der Waals surface area contributed by atoms with E-state index in [1.807, 2.05) is 30.3 Å². The van der Waals surface area contributed by atoms with Gasteiger partial charge in [0.1, 0.15) is 19.0 Å². The highest BCUT2D eigenvalue weighted by Crippen LogP contribution is 2.22. The fraction of sp³-hybridized carbons (Fsp3) is 0.176. The van der Waals surface area contributed by atoms with E-state index in [1.165, 1.54) is 18.2 Å². The predicted molar refractivity (Wildman–Crippen MR) is 88.5 cm³/mol. The molecule has 0 fully saturated rings. The molecule has 0 aliphatic heterocycles. The Morgan fingerprint density at radius 3 is 2.54 bits per heavy atom. The number of alkyl carbamates (subject to hydrolysis) is 1. The third kappa shape index (κ3) is 5.48. The second-order valence-corrected chi connectivity index (χ2v) is 5.19. The van der Waals surface area contributed by atoms with Crippen molar-refractivity contribution in [2.75, 3.05) is 13.2 Å². The third-order valence-electron chi connectivity index (χ3n) is 3.02. The SMILES string of the molecule is O=C(NCCOc1ccc(C(=O)O)c(Cl)c1)OCc1ccccc1. The zero-order valence-electron chi connectivity index (χ0n) is 12.7. The lowest BCUT2D eigenvalue weighted by molar-refractivity contribution is 0.0697. The van der Waals surface area contributed by atoms with Crippen LogP contribution in [0.2, 0.25) is 5.02 Å². The van der Waals surface area contributed by atoms with Gasteiger partial charge in [-0.1, -0.05) is 41.9 Å². The summed E-state index contributed by atoms with van der Waals surface area (Å²) in [5, 5.41) is 11.5. The summed E-state index contributed by atoms with van der Waals surface area (Å²) in [6, 6.07) is 13.6. The number of carboxylic acids is 1. The van der Waals surface area contributed by atoms with E-state index in [1.54, 1.807) is 0 Å². The summed E-state index contributed by atoms with van der Waals surface area (Å²) < 4.78 is 10.4. The van der Waals surface area contributed by atoms with Crippen LogP contribution in [0.3, 0.4) is 0 Å². The first-order valence-corrected chi connectivity index (χ1v) is 7.54. The van der Waals surface area contributed by atoms with Gasteiger partial charge in [-0.05, 0) is 23.8 Å². The Bertz CT molecular complexity index is 705. The lowest BCUT2D eigenvalue weighted by atomic mass is 10.2. The molecule has 2 aromatic rings. The van der Waals surface area contributed by atoms with Gasteiger partial charge in [0.25, 0.3) is 0 Å². The molecule has 2 N–H and O–H groups in total. The summed E-state index contributed by atoms with van der Waals surface area (Å²) in [6.07, 6.45) is -0.540. The quantitative estimate of drug-likeness (QED) is 0.749. The van der Waals surface area contributed by atoms with Crippen LogP contribution in [0.1, 0.15) is 15.9 Å². The number of nitrogens with one attached hydrogen (secondary N) is 1. The average molecular weight is 350 g/mol. The van der Waals surface area contributed by atoms with Crippen LogP contribution in [0.5, 0.6) is 5.75 Å². The number of carbonyl (C=O) groups excluding carboxylic acids is 1. The smallest absolute Gasteiger partial charge is 0.407 e. The van der Waals surface area contributed by atoms with Gasteiger partial charge in [0.05, 0.1) is 17.1 Å². The first-order valence-electron chi connectivity index (χ1n) is 7.16. The molecule has 24 heavy (non-hydrogen) atoms. The van der Waals surface area contributed by atoms with Gasteiger partial charge in [-0.2, -0.15) is 0 Å². The Kier molecular flexibility index (Phi) is 6.45. The topological polar surface area (TPSA) is 84.9 Å². The van der Waals surface area contributed by atoms with Crippen molar-refractivity contribution in [2.24, 2.45) is 0 Å². The standard InChI is InChI=1S/C17H16ClNO5/c18-15-10-13(6-7-14(15)16(20)21)23-9-8-19-17(22)24-11-12-4-2-1-3-5-12/h1-7,10H,8-9,11H2,(H,19,22)(H,20,21). The molecule has 0 aromatic heterocycles. The van der Waals surface area contributed by atoms with Gasteiger partial charge in [-0.25, -0.2) is 9.59 Å². The van der Waals surface area contributed by atoms with Crippen molar-refractivity contribution in [3.63, 3.8) is 0 Å². The van der Waals surface area contributed by atoms with Crippen LogP contribution < -0.4 is 10.1 Å². The van der Waals surface area contributed by atoms with Crippen molar-refractivity contribution in [3.8, 4) is 5.75 Å². The Morgan fingerprint density at radius 2 is 1.88 bits per heavy atom. The van der Waals surface area contributed by atoms with Gasteiger partial charge < -0.3 is 19.9 Å². The van der Waals surface area contributed by atoms with Crippen molar-refractivity contribution in [1.82, 2.24) is 5.32 Å². The summed E-state index contributed by atoms with van der Waals surface area (Å²) in [5.74, 6) is -0.682. The van der Waals surface area contributed by atoms with Crippen molar-refractivity contribution >= 4 is 23.7 Å². The lowest BCUT2D eigenvalue weighted by Crippen LogP contribution is -2.28. The molecule has 2 rings (SSSR count). The highest BCUT2D eigenvalue weighted by Gasteiger charge is 2.09. The summed E-state index contributed by atoms with van der Waals surface area (Å²) in [6.45, 7) is 0.634. The maximum atomic E-state index is 11.5. The van der Waals surface area contributed by atoms with Crippen molar-refractivity contribution < 1.29 is 24.2 Å². The van der Waals surface area contributed by atoms with Gasteiger partial charge in [0, 0.05) is 0 Å². The van der Waals surface area contributed by atoms with Crippen LogP contribution >= 0.6 is 11.6 Å². The molecule has 0 unspecified atom stereocenters. The summed E-state index contributed by atoms with van der Waals surface area (Å²) in [4.78, 5) is 22.4. The molecule has 0 spiro atoms. The average Bonchev–Trinajstić information content (AvgIpc) is 2.57. The number of carboxylic acid groups (broad SMARTS) is 1. The van der Waals surface area contributed by atoms with E-state index >= 15 is 0 Å². The van der Waals surface area contributed by atoms with E-state index in [2.05, 4.69) is 5.32 Å². The molecule has 0 saturated heterocycles. The number of aromatic carboxylic acids is 1. The predicted octanol–water partition coefficient (Wildman–Crippen LogP) is 3.34. The number of halogens is 1. The number of hydrogen-bond donors (Lipinski definition) is 2. The van der Waals surface area contributed by atoms with Gasteiger partial charge in [0.15, 0.2) is 0 Å². The van der Waals surface area contributed by atoms with Crippen LogP contribution in [0.25, 0.3) is 0 Å². The number of benzene rings is 2. The minimum Gasteiger partial charge on any atom is -0.492 e. The Labute approximate surface area is 144 Å². The monoisotopic (exact) mass is 349 g/mol. The summed E-state index contributed by atoms with van der Waals surface area (Å²) >= 11 is 5.84. The third-order valence-corrected chi connectivity index (χ3v) is 3.34. The molecule has 0 aliphatic rings. The van der Waals surface area contributed by atoms with Crippen LogP contribution in [0.4, 0.5) is 4.79 Å². The number of ether oxygens (including phenoxy) is 2. The highest BCUT2D eigenvalue weighted by atomic mass is 35.5. The Morgan fingerprint density at radius 1 is 1.12 bits per heavy atom. The molecule has 1 amide bonds. The van der Waals surface area contributed by atoms with Gasteiger partial charge in [-0.3, -0.25) is 0 Å². The van der Waals surface area contributed by atoms with Gasteiger partial charge in [-0.15, -0.1) is 0 Å². The van der Waals surface area contributed by atoms with Crippen molar-refractivity contribution in [2.45, 2.75) is 6.61 Å². The molecule has 0 aliphatic carbocycles. The van der Waals surface area contributed by atoms with Crippen LogP contribution in [0, 0.1) is 0 Å². The number of hydrogen-bond acceptors (Lipinski definition) is 4. The molecule has 7 heteroatoms. The van der Waals surface area contributed by atoms with E-state index in [0.29, 0.717) is 5.75 Å². The second-order valence-electron chi connectivity index (χ2n) is 4.78. The molecular weight excluding hydrogens is 334 g/mol. The highest BCUT2D eigenvalue weighted by molar-refractivity contribution is 6.33. The maximum absolute atomic E-state index is 11.5. The molecule has 126 valence electrons. The molecule has 0 radical (unpaired) electrons. The first-order chi connectivity index (χ1) is 11.6. The van der Waals surface area contributed by atoms with E-state index in [-0.39, 0.29) is 30.3 Å². The zero-order chi connectivity index (χ0) is 17.4. The molecule has 0 bridgehead atoms. The summed E-state index contributed by atoms with van der Waals surface area (Å²) in [7, 11) is 0. The largest absolute Gasteiger partial charge is 0.492 e. The molecule has 0 heterocycles. The lowest BCUT2D eigenvalue weighted by Gasteiger charge is -2.09. The minimum absolute atomic E-state index is 0.00614. The van der Waals surface area contributed by atoms with Crippen molar-refractivity contribution in [3.05, 3.63) is 64.7 Å². The normalized spacial score (nSPS) is 10.0. The zero-order valence-corrected chi connectivity index (χ0v) is 13.5. The molecule has 2 aromatic carbocycles. The molecule has 6 nitrogen and oxygen atoms in total. The molecule has 0 atom stereocenters. The first kappa shape index (κ1) is 17.6. The number of amides is 1. The van der Waals surface area contributed by atoms with E-state index < -0.39 is 12.1 Å². The van der Waals surface area contributed by atoms with Crippen LogP contribution in [0.15, 0.2) is 48.5 Å². The number of rotatable bonds is 7. The maximum Gasteiger partial charge on any atom is 0.407 e. The van der Waals surface area contributed by atoms with E-state index in [0.717, 1.165) is 5.56 Å². The minimum atomic E-state index is -1.10. The Hall–Kier alpha value is -2.73. The second kappa shape index (κ2) is 8.79. The summed E-state index contributed by atoms with van der Waals surface area (Å²) in [5.41, 5.74) is 0.906. The van der Waals surface area contributed by atoms with E-state index in [9.17, 15) is 9.59 Å². The van der Waals surface area contributed by atoms with E-state index in [4.69, 9.17) is 26.2 Å².